The maximum atomic E-state index is 4.37. The van der Waals surface area contributed by atoms with Gasteiger partial charge in [-0.15, -0.1) is 35.3 Å². The largest absolute Gasteiger partial charge is 0.356 e. The lowest BCUT2D eigenvalue weighted by Gasteiger charge is -2.33. The van der Waals surface area contributed by atoms with Crippen molar-refractivity contribution in [2.45, 2.75) is 38.3 Å². The van der Waals surface area contributed by atoms with Gasteiger partial charge in [-0.3, -0.25) is 9.89 Å². The van der Waals surface area contributed by atoms with Gasteiger partial charge in [0.05, 0.1) is 0 Å². The number of piperidine rings is 1. The van der Waals surface area contributed by atoms with Crippen LogP contribution in [0.2, 0.25) is 0 Å². The molecule has 0 saturated carbocycles. The molecular weight excluding hydrogens is 431 g/mol. The fourth-order valence-corrected chi connectivity index (χ4v) is 4.19. The van der Waals surface area contributed by atoms with E-state index in [1.165, 1.54) is 30.8 Å². The van der Waals surface area contributed by atoms with Gasteiger partial charge in [-0.2, -0.15) is 0 Å². The van der Waals surface area contributed by atoms with Gasteiger partial charge >= 0.3 is 0 Å². The van der Waals surface area contributed by atoms with Crippen LogP contribution in [0.4, 0.5) is 0 Å². The second kappa shape index (κ2) is 10.4. The Morgan fingerprint density at radius 3 is 2.92 bits per heavy atom. The minimum absolute atomic E-state index is 0. The summed E-state index contributed by atoms with van der Waals surface area (Å²) in [5.74, 6) is 1.66. The summed E-state index contributed by atoms with van der Waals surface area (Å²) in [6.07, 6.45) is 9.33. The first-order valence-corrected chi connectivity index (χ1v) is 9.58. The zero-order valence-corrected chi connectivity index (χ0v) is 17.6. The normalized spacial score (nSPS) is 22.4. The summed E-state index contributed by atoms with van der Waals surface area (Å²) in [5, 5.41) is 9.22. The molecule has 4 nitrogen and oxygen atoms in total. The van der Waals surface area contributed by atoms with E-state index in [2.05, 4.69) is 50.2 Å². The van der Waals surface area contributed by atoms with Crippen molar-refractivity contribution in [1.29, 1.82) is 0 Å². The van der Waals surface area contributed by atoms with Crippen molar-refractivity contribution in [3.8, 4) is 0 Å². The van der Waals surface area contributed by atoms with E-state index in [1.807, 2.05) is 18.4 Å². The molecule has 2 aliphatic rings. The van der Waals surface area contributed by atoms with Gasteiger partial charge in [-0.1, -0.05) is 18.2 Å². The molecule has 1 aromatic rings. The fourth-order valence-electron chi connectivity index (χ4n) is 3.45. The van der Waals surface area contributed by atoms with Crippen molar-refractivity contribution < 1.29 is 0 Å². The van der Waals surface area contributed by atoms with E-state index in [-0.39, 0.29) is 24.0 Å². The molecule has 1 aliphatic carbocycles. The van der Waals surface area contributed by atoms with Crippen molar-refractivity contribution in [3.63, 3.8) is 0 Å². The second-order valence-corrected chi connectivity index (χ2v) is 7.59. The predicted octanol–water partition coefficient (Wildman–Crippen LogP) is 3.46. The van der Waals surface area contributed by atoms with Gasteiger partial charge in [0, 0.05) is 37.6 Å². The minimum Gasteiger partial charge on any atom is -0.356 e. The number of halogens is 1. The summed E-state index contributed by atoms with van der Waals surface area (Å²) in [6.45, 7) is 4.54. The standard InChI is InChI=1S/C18H28N4S.HI/c1-19-18(21-16-7-2-3-8-16)20-12-15-6-4-10-22(13-15)14-17-9-5-11-23-17;/h2-3,5,9,11,15-16H,4,6-8,10,12-14H2,1H3,(H2,19,20,21);1H. The van der Waals surface area contributed by atoms with E-state index >= 15 is 0 Å². The van der Waals surface area contributed by atoms with Gasteiger partial charge < -0.3 is 10.6 Å². The second-order valence-electron chi connectivity index (χ2n) is 6.56. The van der Waals surface area contributed by atoms with E-state index in [4.69, 9.17) is 0 Å². The summed E-state index contributed by atoms with van der Waals surface area (Å²) < 4.78 is 0. The molecule has 3 rings (SSSR count). The van der Waals surface area contributed by atoms with Crippen molar-refractivity contribution in [3.05, 3.63) is 34.5 Å². The third-order valence-electron chi connectivity index (χ3n) is 4.69. The number of aliphatic imine (C=N–C) groups is 1. The van der Waals surface area contributed by atoms with Crippen molar-refractivity contribution in [2.75, 3.05) is 26.7 Å². The molecule has 1 aromatic heterocycles. The van der Waals surface area contributed by atoms with Crippen LogP contribution in [0.1, 0.15) is 30.6 Å². The Balaban J connectivity index is 0.00000208. The zero-order chi connectivity index (χ0) is 15.9. The molecule has 6 heteroatoms. The van der Waals surface area contributed by atoms with Crippen LogP contribution in [0.3, 0.4) is 0 Å². The smallest absolute Gasteiger partial charge is 0.191 e. The summed E-state index contributed by atoms with van der Waals surface area (Å²) in [6, 6.07) is 4.91. The monoisotopic (exact) mass is 460 g/mol. The molecule has 1 fully saturated rings. The van der Waals surface area contributed by atoms with E-state index in [0.29, 0.717) is 12.0 Å². The lowest BCUT2D eigenvalue weighted by molar-refractivity contribution is 0.169. The fraction of sp³-hybridized carbons (Fsp3) is 0.611. The highest BCUT2D eigenvalue weighted by molar-refractivity contribution is 14.0. The van der Waals surface area contributed by atoms with Crippen LogP contribution in [0.5, 0.6) is 0 Å². The van der Waals surface area contributed by atoms with Crippen molar-refractivity contribution in [1.82, 2.24) is 15.5 Å². The van der Waals surface area contributed by atoms with Gasteiger partial charge in [0.1, 0.15) is 0 Å². The number of rotatable bonds is 5. The maximum Gasteiger partial charge on any atom is 0.191 e. The van der Waals surface area contributed by atoms with Crippen LogP contribution in [0.15, 0.2) is 34.7 Å². The van der Waals surface area contributed by atoms with E-state index in [0.717, 1.165) is 31.9 Å². The number of guanidine groups is 1. The molecule has 1 atom stereocenters. The van der Waals surface area contributed by atoms with E-state index in [1.54, 1.807) is 0 Å². The quantitative estimate of drug-likeness (QED) is 0.306. The van der Waals surface area contributed by atoms with Crippen LogP contribution in [0, 0.1) is 5.92 Å². The predicted molar refractivity (Wildman–Crippen MR) is 114 cm³/mol. The van der Waals surface area contributed by atoms with Crippen LogP contribution in [0.25, 0.3) is 0 Å². The topological polar surface area (TPSA) is 39.7 Å². The average molecular weight is 460 g/mol. The highest BCUT2D eigenvalue weighted by Crippen LogP contribution is 2.20. The molecule has 134 valence electrons. The van der Waals surface area contributed by atoms with Gasteiger partial charge in [0.25, 0.3) is 0 Å². The third kappa shape index (κ3) is 6.04. The number of hydrogen-bond donors (Lipinski definition) is 2. The van der Waals surface area contributed by atoms with Gasteiger partial charge in [-0.05, 0) is 49.6 Å². The Labute approximate surface area is 166 Å². The number of nitrogens with one attached hydrogen (secondary N) is 2. The van der Waals surface area contributed by atoms with Crippen molar-refractivity contribution in [2.24, 2.45) is 10.9 Å². The molecule has 0 bridgehead atoms. The Bertz CT molecular complexity index is 521. The molecule has 0 aromatic carbocycles. The minimum atomic E-state index is 0. The lowest BCUT2D eigenvalue weighted by Crippen LogP contribution is -2.46. The number of thiophene rings is 1. The number of likely N-dealkylation sites (tertiary alicyclic amines) is 1. The SMILES string of the molecule is CN=C(NCC1CCCN(Cc2cccs2)C1)NC1CC=CC1.I. The molecule has 1 aliphatic heterocycles. The first kappa shape index (κ1) is 19.7. The molecule has 0 amide bonds. The highest BCUT2D eigenvalue weighted by Gasteiger charge is 2.21. The van der Waals surface area contributed by atoms with Crippen LogP contribution < -0.4 is 10.6 Å². The summed E-state index contributed by atoms with van der Waals surface area (Å²) in [4.78, 5) is 8.44. The molecule has 2 heterocycles. The lowest BCUT2D eigenvalue weighted by atomic mass is 9.98. The first-order chi connectivity index (χ1) is 11.3. The Morgan fingerprint density at radius 1 is 1.38 bits per heavy atom. The summed E-state index contributed by atoms with van der Waals surface area (Å²) in [5.41, 5.74) is 0. The summed E-state index contributed by atoms with van der Waals surface area (Å²) >= 11 is 1.87. The highest BCUT2D eigenvalue weighted by atomic mass is 127. The zero-order valence-electron chi connectivity index (χ0n) is 14.4. The van der Waals surface area contributed by atoms with Crippen LogP contribution >= 0.6 is 35.3 Å². The number of nitrogens with zero attached hydrogens (tertiary/aromatic N) is 2. The van der Waals surface area contributed by atoms with Crippen LogP contribution in [-0.2, 0) is 6.54 Å². The molecule has 1 saturated heterocycles. The van der Waals surface area contributed by atoms with Gasteiger partial charge in [-0.25, -0.2) is 0 Å². The van der Waals surface area contributed by atoms with E-state index in [9.17, 15) is 0 Å². The molecule has 0 radical (unpaired) electrons. The number of hydrogen-bond acceptors (Lipinski definition) is 3. The Kier molecular flexibility index (Phi) is 8.55. The van der Waals surface area contributed by atoms with Gasteiger partial charge in [0.2, 0.25) is 0 Å². The Hall–Kier alpha value is -0.600. The average Bonchev–Trinajstić information content (AvgIpc) is 3.25. The molecule has 2 N–H and O–H groups in total. The maximum absolute atomic E-state index is 4.37. The molecule has 24 heavy (non-hydrogen) atoms. The third-order valence-corrected chi connectivity index (χ3v) is 5.55. The summed E-state index contributed by atoms with van der Waals surface area (Å²) in [7, 11) is 1.86. The molecular formula is C18H29IN4S. The Morgan fingerprint density at radius 2 is 2.21 bits per heavy atom. The molecule has 1 unspecified atom stereocenters. The molecule has 0 spiro atoms. The van der Waals surface area contributed by atoms with E-state index < -0.39 is 0 Å². The van der Waals surface area contributed by atoms with Crippen LogP contribution in [-0.4, -0.2) is 43.6 Å². The van der Waals surface area contributed by atoms with Gasteiger partial charge in [0.15, 0.2) is 5.96 Å². The van der Waals surface area contributed by atoms with Crippen molar-refractivity contribution >= 4 is 41.3 Å². The first-order valence-electron chi connectivity index (χ1n) is 8.70.